The van der Waals surface area contributed by atoms with Crippen LogP contribution in [0.3, 0.4) is 0 Å². The van der Waals surface area contributed by atoms with Crippen LogP contribution in [0.5, 0.6) is 0 Å². The summed E-state index contributed by atoms with van der Waals surface area (Å²) in [6.07, 6.45) is 0. The van der Waals surface area contributed by atoms with Gasteiger partial charge in [-0.1, -0.05) is 12.1 Å². The van der Waals surface area contributed by atoms with Gasteiger partial charge in [0.2, 0.25) is 0 Å². The second-order valence-electron chi connectivity index (χ2n) is 3.62. The summed E-state index contributed by atoms with van der Waals surface area (Å²) in [5.74, 6) is -1.59. The molecule has 0 heterocycles. The molecular formula is C14H6F2N2. The lowest BCUT2D eigenvalue weighted by Gasteiger charge is -2.05. The first-order chi connectivity index (χ1) is 8.65. The number of benzene rings is 2. The van der Waals surface area contributed by atoms with Crippen molar-refractivity contribution in [1.29, 1.82) is 10.5 Å². The third kappa shape index (κ3) is 2.05. The lowest BCUT2D eigenvalue weighted by molar-refractivity contribution is 0.589. The fourth-order valence-electron chi connectivity index (χ4n) is 1.62. The Balaban J connectivity index is 2.58. The first kappa shape index (κ1) is 11.8. The predicted octanol–water partition coefficient (Wildman–Crippen LogP) is 3.38. The number of nitriles is 2. The molecule has 0 aliphatic carbocycles. The van der Waals surface area contributed by atoms with Crippen molar-refractivity contribution in [2.24, 2.45) is 0 Å². The van der Waals surface area contributed by atoms with Crippen LogP contribution in [0.4, 0.5) is 8.78 Å². The van der Waals surface area contributed by atoms with E-state index >= 15 is 0 Å². The van der Waals surface area contributed by atoms with Gasteiger partial charge < -0.3 is 0 Å². The molecule has 0 saturated carbocycles. The monoisotopic (exact) mass is 240 g/mol. The van der Waals surface area contributed by atoms with Crippen molar-refractivity contribution >= 4 is 0 Å². The molecule has 0 amide bonds. The van der Waals surface area contributed by atoms with Gasteiger partial charge in [-0.05, 0) is 29.8 Å². The van der Waals surface area contributed by atoms with Crippen molar-refractivity contribution in [2.75, 3.05) is 0 Å². The highest BCUT2D eigenvalue weighted by Gasteiger charge is 2.13. The third-order valence-corrected chi connectivity index (χ3v) is 2.47. The molecule has 2 aromatic rings. The minimum Gasteiger partial charge on any atom is -0.206 e. The van der Waals surface area contributed by atoms with Crippen LogP contribution in [-0.4, -0.2) is 0 Å². The average Bonchev–Trinajstić information content (AvgIpc) is 2.38. The van der Waals surface area contributed by atoms with E-state index < -0.39 is 11.6 Å². The van der Waals surface area contributed by atoms with E-state index in [1.807, 2.05) is 6.07 Å². The topological polar surface area (TPSA) is 47.6 Å². The van der Waals surface area contributed by atoms with Crippen LogP contribution in [0.15, 0.2) is 36.4 Å². The van der Waals surface area contributed by atoms with E-state index in [0.29, 0.717) is 11.1 Å². The Morgan fingerprint density at radius 2 is 1.28 bits per heavy atom. The molecule has 0 spiro atoms. The summed E-state index contributed by atoms with van der Waals surface area (Å²) in [7, 11) is 0. The summed E-state index contributed by atoms with van der Waals surface area (Å²) in [6, 6.07) is 11.5. The van der Waals surface area contributed by atoms with Crippen LogP contribution in [0, 0.1) is 34.3 Å². The van der Waals surface area contributed by atoms with Gasteiger partial charge in [0.05, 0.1) is 28.8 Å². The Kier molecular flexibility index (Phi) is 3.03. The summed E-state index contributed by atoms with van der Waals surface area (Å²) in [5, 5.41) is 17.2. The molecule has 0 bridgehead atoms. The van der Waals surface area contributed by atoms with Crippen LogP contribution in [-0.2, 0) is 0 Å². The zero-order valence-corrected chi connectivity index (χ0v) is 9.11. The Morgan fingerprint density at radius 1 is 0.778 bits per heavy atom. The van der Waals surface area contributed by atoms with Crippen molar-refractivity contribution in [3.05, 3.63) is 59.2 Å². The van der Waals surface area contributed by atoms with Crippen LogP contribution in [0.25, 0.3) is 11.1 Å². The predicted molar refractivity (Wildman–Crippen MR) is 61.2 cm³/mol. The normalized spacial score (nSPS) is 9.56. The highest BCUT2D eigenvalue weighted by molar-refractivity contribution is 5.66. The molecule has 2 rings (SSSR count). The highest BCUT2D eigenvalue weighted by atomic mass is 19.1. The third-order valence-electron chi connectivity index (χ3n) is 2.47. The van der Waals surface area contributed by atoms with Gasteiger partial charge in [-0.15, -0.1) is 0 Å². The molecule has 86 valence electrons. The fourth-order valence-corrected chi connectivity index (χ4v) is 1.62. The largest absolute Gasteiger partial charge is 0.206 e. The molecule has 4 heteroatoms. The second kappa shape index (κ2) is 4.65. The Labute approximate surface area is 102 Å². The van der Waals surface area contributed by atoms with Crippen molar-refractivity contribution in [1.82, 2.24) is 0 Å². The molecule has 2 aromatic carbocycles. The van der Waals surface area contributed by atoms with E-state index in [9.17, 15) is 8.78 Å². The van der Waals surface area contributed by atoms with Crippen molar-refractivity contribution in [2.45, 2.75) is 0 Å². The Morgan fingerprint density at radius 3 is 1.72 bits per heavy atom. The molecule has 0 radical (unpaired) electrons. The summed E-state index contributed by atoms with van der Waals surface area (Å²) in [5.41, 5.74) is 0.475. The quantitative estimate of drug-likeness (QED) is 0.767. The Bertz CT molecular complexity index is 653. The first-order valence-electron chi connectivity index (χ1n) is 5.05. The van der Waals surface area contributed by atoms with Gasteiger partial charge in [-0.2, -0.15) is 10.5 Å². The zero-order valence-electron chi connectivity index (χ0n) is 9.11. The molecule has 0 aliphatic heterocycles. The van der Waals surface area contributed by atoms with Gasteiger partial charge in [0, 0.05) is 0 Å². The highest BCUT2D eigenvalue weighted by Crippen LogP contribution is 2.27. The van der Waals surface area contributed by atoms with Crippen LogP contribution < -0.4 is 0 Å². The van der Waals surface area contributed by atoms with Crippen LogP contribution >= 0.6 is 0 Å². The molecule has 0 atom stereocenters. The molecular weight excluding hydrogens is 234 g/mol. The van der Waals surface area contributed by atoms with Gasteiger partial charge in [0.15, 0.2) is 0 Å². The number of rotatable bonds is 1. The number of hydrogen-bond acceptors (Lipinski definition) is 2. The summed E-state index contributed by atoms with van der Waals surface area (Å²) in [6.45, 7) is 0. The SMILES string of the molecule is N#Cc1ccc(-c2c(F)cc(C#N)cc2F)cc1. The maximum Gasteiger partial charge on any atom is 0.135 e. The lowest BCUT2D eigenvalue weighted by atomic mass is 10.0. The molecule has 0 fully saturated rings. The van der Waals surface area contributed by atoms with Gasteiger partial charge in [-0.25, -0.2) is 8.78 Å². The summed E-state index contributed by atoms with van der Waals surface area (Å²) >= 11 is 0. The molecule has 0 unspecified atom stereocenters. The van der Waals surface area contributed by atoms with E-state index in [-0.39, 0.29) is 11.1 Å². The van der Waals surface area contributed by atoms with Crippen LogP contribution in [0.2, 0.25) is 0 Å². The molecule has 0 aromatic heterocycles. The van der Waals surface area contributed by atoms with E-state index in [4.69, 9.17) is 10.5 Å². The van der Waals surface area contributed by atoms with Crippen molar-refractivity contribution in [3.63, 3.8) is 0 Å². The van der Waals surface area contributed by atoms with E-state index in [1.54, 1.807) is 6.07 Å². The Hall–Kier alpha value is -2.72. The minimum atomic E-state index is -0.795. The second-order valence-corrected chi connectivity index (χ2v) is 3.62. The molecule has 0 N–H and O–H groups in total. The molecule has 2 nitrogen and oxygen atoms in total. The van der Waals surface area contributed by atoms with Gasteiger partial charge >= 0.3 is 0 Å². The first-order valence-corrected chi connectivity index (χ1v) is 5.05. The molecule has 18 heavy (non-hydrogen) atoms. The van der Waals surface area contributed by atoms with Crippen molar-refractivity contribution in [3.8, 4) is 23.3 Å². The smallest absolute Gasteiger partial charge is 0.135 e. The zero-order chi connectivity index (χ0) is 13.1. The summed E-state index contributed by atoms with van der Waals surface area (Å²) in [4.78, 5) is 0. The number of nitrogens with zero attached hydrogens (tertiary/aromatic N) is 2. The molecule has 0 aliphatic rings. The van der Waals surface area contributed by atoms with Gasteiger partial charge in [-0.3, -0.25) is 0 Å². The van der Waals surface area contributed by atoms with Gasteiger partial charge in [0.1, 0.15) is 11.6 Å². The number of halogens is 2. The maximum absolute atomic E-state index is 13.7. The van der Waals surface area contributed by atoms with Gasteiger partial charge in [0.25, 0.3) is 0 Å². The van der Waals surface area contributed by atoms with E-state index in [0.717, 1.165) is 12.1 Å². The number of hydrogen-bond donors (Lipinski definition) is 0. The lowest BCUT2D eigenvalue weighted by Crippen LogP contribution is -1.92. The fraction of sp³-hybridized carbons (Fsp3) is 0. The summed E-state index contributed by atoms with van der Waals surface area (Å²) < 4.78 is 27.4. The average molecular weight is 240 g/mol. The van der Waals surface area contributed by atoms with E-state index in [1.165, 1.54) is 24.3 Å². The van der Waals surface area contributed by atoms with Crippen LogP contribution in [0.1, 0.15) is 11.1 Å². The standard InChI is InChI=1S/C14H6F2N2/c15-12-5-10(8-18)6-13(16)14(12)11-3-1-9(7-17)2-4-11/h1-6H. The maximum atomic E-state index is 13.7. The minimum absolute atomic E-state index is 0.0672. The van der Waals surface area contributed by atoms with Crippen molar-refractivity contribution < 1.29 is 8.78 Å². The molecule has 0 saturated heterocycles. The van der Waals surface area contributed by atoms with E-state index in [2.05, 4.69) is 0 Å².